The van der Waals surface area contributed by atoms with Crippen molar-refractivity contribution in [3.8, 4) is 11.5 Å². The highest BCUT2D eigenvalue weighted by Gasteiger charge is 2.21. The van der Waals surface area contributed by atoms with Crippen molar-refractivity contribution in [2.24, 2.45) is 7.05 Å². The van der Waals surface area contributed by atoms with E-state index in [1.54, 1.807) is 26.2 Å². The summed E-state index contributed by atoms with van der Waals surface area (Å²) in [5, 5.41) is 2.85. The zero-order valence-corrected chi connectivity index (χ0v) is 14.5. The van der Waals surface area contributed by atoms with Crippen molar-refractivity contribution in [2.45, 2.75) is 6.54 Å². The van der Waals surface area contributed by atoms with E-state index in [4.69, 9.17) is 4.42 Å². The van der Waals surface area contributed by atoms with Gasteiger partial charge in [-0.15, -0.1) is 0 Å². The molecular formula is C18H15F2N5O2. The summed E-state index contributed by atoms with van der Waals surface area (Å²) in [4.78, 5) is 21.6. The molecule has 0 saturated heterocycles. The maximum Gasteiger partial charge on any atom is 0.330 e. The molecule has 0 radical (unpaired) electrons. The van der Waals surface area contributed by atoms with Gasteiger partial charge in [0.05, 0.1) is 12.8 Å². The van der Waals surface area contributed by atoms with Crippen molar-refractivity contribution in [1.29, 1.82) is 0 Å². The van der Waals surface area contributed by atoms with Gasteiger partial charge in [0.2, 0.25) is 5.95 Å². The van der Waals surface area contributed by atoms with Gasteiger partial charge < -0.3 is 9.73 Å². The van der Waals surface area contributed by atoms with Crippen LogP contribution >= 0.6 is 0 Å². The first-order chi connectivity index (χ1) is 13.0. The van der Waals surface area contributed by atoms with Gasteiger partial charge in [-0.3, -0.25) is 9.13 Å². The van der Waals surface area contributed by atoms with Crippen molar-refractivity contribution >= 4 is 17.1 Å². The minimum Gasteiger partial charge on any atom is -0.463 e. The number of halogens is 2. The van der Waals surface area contributed by atoms with Crippen LogP contribution in [0.1, 0.15) is 5.56 Å². The largest absolute Gasteiger partial charge is 0.463 e. The fraction of sp³-hybridized carbons (Fsp3) is 0.167. The molecule has 1 N–H and O–H groups in total. The summed E-state index contributed by atoms with van der Waals surface area (Å²) in [6.45, 7) is -0.0972. The number of aromatic nitrogens is 4. The van der Waals surface area contributed by atoms with E-state index in [-0.39, 0.29) is 18.1 Å². The molecule has 0 fully saturated rings. The molecule has 3 heterocycles. The lowest BCUT2D eigenvalue weighted by molar-refractivity contribution is 0.564. The number of imidazole rings is 1. The van der Waals surface area contributed by atoms with Crippen molar-refractivity contribution in [3.05, 3.63) is 64.3 Å². The Morgan fingerprint density at radius 3 is 2.70 bits per heavy atom. The van der Waals surface area contributed by atoms with Crippen molar-refractivity contribution in [1.82, 2.24) is 19.1 Å². The highest BCUT2D eigenvalue weighted by atomic mass is 19.1. The monoisotopic (exact) mass is 371 g/mol. The van der Waals surface area contributed by atoms with Crippen LogP contribution in [0.4, 0.5) is 14.7 Å². The van der Waals surface area contributed by atoms with Gasteiger partial charge in [0.25, 0.3) is 0 Å². The first-order valence-corrected chi connectivity index (χ1v) is 8.12. The number of anilines is 1. The molecule has 27 heavy (non-hydrogen) atoms. The molecule has 138 valence electrons. The Labute approximate surface area is 151 Å². The van der Waals surface area contributed by atoms with E-state index in [1.807, 2.05) is 0 Å². The molecule has 7 nitrogen and oxygen atoms in total. The fourth-order valence-corrected chi connectivity index (χ4v) is 2.97. The van der Waals surface area contributed by atoms with E-state index in [2.05, 4.69) is 15.3 Å². The smallest absolute Gasteiger partial charge is 0.330 e. The second-order valence-corrected chi connectivity index (χ2v) is 5.96. The maximum absolute atomic E-state index is 14.1. The van der Waals surface area contributed by atoms with Crippen molar-refractivity contribution in [2.75, 3.05) is 12.4 Å². The van der Waals surface area contributed by atoms with E-state index in [0.717, 1.165) is 12.1 Å². The Bertz CT molecular complexity index is 1190. The summed E-state index contributed by atoms with van der Waals surface area (Å²) in [7, 11) is 3.23. The Morgan fingerprint density at radius 1 is 1.22 bits per heavy atom. The number of hydrogen-bond donors (Lipinski definition) is 1. The lowest BCUT2D eigenvalue weighted by Crippen LogP contribution is -2.23. The summed E-state index contributed by atoms with van der Waals surface area (Å²) in [6.07, 6.45) is 1.51. The molecule has 0 saturated carbocycles. The number of nitrogens with zero attached hydrogens (tertiary/aromatic N) is 4. The lowest BCUT2D eigenvalue weighted by Gasteiger charge is -2.07. The molecule has 0 atom stereocenters. The van der Waals surface area contributed by atoms with Crippen LogP contribution in [0, 0.1) is 11.6 Å². The number of rotatable bonds is 4. The summed E-state index contributed by atoms with van der Waals surface area (Å²) >= 11 is 0. The molecule has 0 amide bonds. The number of benzene rings is 1. The molecule has 4 aromatic rings. The van der Waals surface area contributed by atoms with Gasteiger partial charge in [-0.1, -0.05) is 6.07 Å². The number of hydrogen-bond acceptors (Lipinski definition) is 5. The minimum absolute atomic E-state index is 0.0972. The van der Waals surface area contributed by atoms with Gasteiger partial charge >= 0.3 is 5.69 Å². The molecule has 0 aliphatic carbocycles. The lowest BCUT2D eigenvalue weighted by atomic mass is 10.2. The Kier molecular flexibility index (Phi) is 3.98. The fourth-order valence-electron chi connectivity index (χ4n) is 2.97. The third kappa shape index (κ3) is 2.77. The second-order valence-electron chi connectivity index (χ2n) is 5.96. The molecule has 0 aliphatic rings. The van der Waals surface area contributed by atoms with E-state index in [0.29, 0.717) is 22.6 Å². The third-order valence-electron chi connectivity index (χ3n) is 4.30. The molecule has 0 unspecified atom stereocenters. The van der Waals surface area contributed by atoms with Crippen molar-refractivity contribution in [3.63, 3.8) is 0 Å². The Morgan fingerprint density at radius 2 is 2.04 bits per heavy atom. The Hall–Kier alpha value is -3.49. The minimum atomic E-state index is -0.729. The second kappa shape index (κ2) is 6.35. The van der Waals surface area contributed by atoms with E-state index < -0.39 is 17.3 Å². The average molecular weight is 371 g/mol. The molecule has 0 bridgehead atoms. The Balaban J connectivity index is 1.98. The number of furan rings is 1. The molecule has 3 aromatic heterocycles. The molecule has 1 aromatic carbocycles. The topological polar surface area (TPSA) is 77.9 Å². The van der Waals surface area contributed by atoms with E-state index in [1.165, 1.54) is 21.5 Å². The van der Waals surface area contributed by atoms with Crippen LogP contribution in [0.2, 0.25) is 0 Å². The van der Waals surface area contributed by atoms with E-state index >= 15 is 0 Å². The summed E-state index contributed by atoms with van der Waals surface area (Å²) in [5.74, 6) is -0.651. The van der Waals surface area contributed by atoms with Crippen molar-refractivity contribution < 1.29 is 13.2 Å². The summed E-state index contributed by atoms with van der Waals surface area (Å²) in [5.41, 5.74) is 0.986. The highest BCUT2D eigenvalue weighted by molar-refractivity contribution is 5.87. The third-order valence-corrected chi connectivity index (χ3v) is 4.30. The normalized spacial score (nSPS) is 11.3. The van der Waals surface area contributed by atoms with Gasteiger partial charge in [-0.2, -0.15) is 4.98 Å². The zero-order valence-electron chi connectivity index (χ0n) is 14.5. The quantitative estimate of drug-likeness (QED) is 0.597. The van der Waals surface area contributed by atoms with Gasteiger partial charge in [-0.25, -0.2) is 18.6 Å². The predicted octanol–water partition coefficient (Wildman–Crippen LogP) is 2.76. The van der Waals surface area contributed by atoms with Gasteiger partial charge in [-0.05, 0) is 18.2 Å². The van der Waals surface area contributed by atoms with Crippen LogP contribution in [0.3, 0.4) is 0 Å². The number of aryl methyl sites for hydroxylation is 1. The van der Waals surface area contributed by atoms with Crippen LogP contribution in [-0.4, -0.2) is 26.1 Å². The average Bonchev–Trinajstić information content (AvgIpc) is 3.26. The molecular weight excluding hydrogens is 356 g/mol. The molecule has 0 aliphatic heterocycles. The predicted molar refractivity (Wildman–Crippen MR) is 95.5 cm³/mol. The van der Waals surface area contributed by atoms with Gasteiger partial charge in [0.15, 0.2) is 11.4 Å². The first kappa shape index (κ1) is 17.0. The summed E-state index contributed by atoms with van der Waals surface area (Å²) in [6, 6.07) is 6.68. The highest BCUT2D eigenvalue weighted by Crippen LogP contribution is 2.27. The molecule has 4 rings (SSSR count). The number of nitrogens with one attached hydrogen (secondary N) is 1. The van der Waals surface area contributed by atoms with Crippen LogP contribution in [0.25, 0.3) is 22.6 Å². The van der Waals surface area contributed by atoms with Crippen LogP contribution < -0.4 is 11.0 Å². The molecule has 0 spiro atoms. The standard InChI is InChI=1S/C18H15F2N5O2/c1-21-17-22-14(13-4-3-7-27-13)15-16(23-17)25(18(26)24(15)2)9-10-5-6-11(19)8-12(10)20/h3-8H,9H2,1-2H3,(H,21,22,23). The van der Waals surface area contributed by atoms with E-state index in [9.17, 15) is 13.6 Å². The summed E-state index contributed by atoms with van der Waals surface area (Å²) < 4.78 is 35.4. The first-order valence-electron chi connectivity index (χ1n) is 8.12. The maximum atomic E-state index is 14.1. The molecule has 9 heteroatoms. The van der Waals surface area contributed by atoms with Crippen LogP contribution in [0.5, 0.6) is 0 Å². The SMILES string of the molecule is CNc1nc(-c2ccco2)c2c(n1)n(Cc1ccc(F)cc1F)c(=O)n2C. The van der Waals surface area contributed by atoms with Gasteiger partial charge in [0.1, 0.15) is 22.8 Å². The van der Waals surface area contributed by atoms with Crippen LogP contribution in [-0.2, 0) is 13.6 Å². The van der Waals surface area contributed by atoms with Crippen LogP contribution in [0.15, 0.2) is 45.8 Å². The number of fused-ring (bicyclic) bond motifs is 1. The van der Waals surface area contributed by atoms with Gasteiger partial charge in [0, 0.05) is 25.7 Å². The zero-order chi connectivity index (χ0) is 19.1.